The van der Waals surface area contributed by atoms with Crippen LogP contribution in [0.15, 0.2) is 47.9 Å². The van der Waals surface area contributed by atoms with Gasteiger partial charge in [-0.05, 0) is 45.2 Å². The summed E-state index contributed by atoms with van der Waals surface area (Å²) in [5.41, 5.74) is 2.42. The summed E-state index contributed by atoms with van der Waals surface area (Å²) in [6, 6.07) is 8.77. The molecule has 0 radical (unpaired) electrons. The predicted octanol–water partition coefficient (Wildman–Crippen LogP) is 4.25. The zero-order chi connectivity index (χ0) is 12.5. The average Bonchev–Trinajstić information content (AvgIpc) is 2.41. The van der Waals surface area contributed by atoms with Gasteiger partial charge >= 0.3 is 0 Å². The molecule has 1 heterocycles. The molecule has 1 aromatic rings. The van der Waals surface area contributed by atoms with Crippen molar-refractivity contribution in [3.8, 4) is 5.75 Å². The van der Waals surface area contributed by atoms with Gasteiger partial charge in [0.05, 0.1) is 17.4 Å². The van der Waals surface area contributed by atoms with Crippen molar-refractivity contribution >= 4 is 5.69 Å². The zero-order valence-electron chi connectivity index (χ0n) is 11.0. The van der Waals surface area contributed by atoms with E-state index in [4.69, 9.17) is 4.74 Å². The van der Waals surface area contributed by atoms with Gasteiger partial charge in [0.25, 0.3) is 0 Å². The van der Waals surface area contributed by atoms with Gasteiger partial charge in [-0.1, -0.05) is 24.3 Å². The second kappa shape index (κ2) is 4.52. The molecule has 18 heavy (non-hydrogen) atoms. The largest absolute Gasteiger partial charge is 0.458 e. The van der Waals surface area contributed by atoms with E-state index in [2.05, 4.69) is 36.1 Å². The van der Waals surface area contributed by atoms with Crippen molar-refractivity contribution in [3.63, 3.8) is 0 Å². The first-order valence-electron chi connectivity index (χ1n) is 6.67. The molecule has 0 saturated carbocycles. The molecule has 1 aliphatic heterocycles. The Morgan fingerprint density at radius 1 is 1.22 bits per heavy atom. The molecule has 0 saturated heterocycles. The van der Waals surface area contributed by atoms with Crippen LogP contribution in [0.3, 0.4) is 0 Å². The van der Waals surface area contributed by atoms with Crippen molar-refractivity contribution in [2.45, 2.75) is 39.2 Å². The Bertz CT molecular complexity index is 516. The van der Waals surface area contributed by atoms with Crippen LogP contribution in [0.25, 0.3) is 0 Å². The molecule has 0 bridgehead atoms. The summed E-state index contributed by atoms with van der Waals surface area (Å²) in [5.74, 6) is 1.98. The smallest absolute Gasteiger partial charge is 0.150 e. The summed E-state index contributed by atoms with van der Waals surface area (Å²) in [6.07, 6.45) is 8.34. The number of benzene rings is 1. The lowest BCUT2D eigenvalue weighted by molar-refractivity contribution is 0.402. The third kappa shape index (κ3) is 1.82. The highest BCUT2D eigenvalue weighted by Gasteiger charge is 2.27. The highest BCUT2D eigenvalue weighted by Crippen LogP contribution is 2.39. The second-order valence-corrected chi connectivity index (χ2v) is 5.01. The van der Waals surface area contributed by atoms with Crippen molar-refractivity contribution in [2.75, 3.05) is 4.90 Å². The molecule has 1 atom stereocenters. The van der Waals surface area contributed by atoms with E-state index in [1.54, 1.807) is 0 Å². The Labute approximate surface area is 109 Å². The number of fused-ring (bicyclic) bond motifs is 1. The fourth-order valence-corrected chi connectivity index (χ4v) is 2.77. The third-order valence-corrected chi connectivity index (χ3v) is 3.82. The van der Waals surface area contributed by atoms with Gasteiger partial charge in [0, 0.05) is 0 Å². The standard InChI is InChI=1S/C16H19NO/c1-12-13(2)18-16-11-7-6-10-15(16)17(12)14-8-4-3-5-9-14/h4,6-8,10-11,14H,3,5,9H2,1-2H3/t14-/m0/s1. The summed E-state index contributed by atoms with van der Waals surface area (Å²) >= 11 is 0. The Morgan fingerprint density at radius 3 is 2.83 bits per heavy atom. The number of ether oxygens (including phenoxy) is 1. The van der Waals surface area contributed by atoms with Gasteiger partial charge in [0.2, 0.25) is 0 Å². The highest BCUT2D eigenvalue weighted by molar-refractivity contribution is 5.66. The molecule has 3 rings (SSSR count). The zero-order valence-corrected chi connectivity index (χ0v) is 11.0. The van der Waals surface area contributed by atoms with E-state index in [9.17, 15) is 0 Å². The first-order chi connectivity index (χ1) is 8.77. The summed E-state index contributed by atoms with van der Waals surface area (Å²) < 4.78 is 5.88. The second-order valence-electron chi connectivity index (χ2n) is 5.01. The quantitative estimate of drug-likeness (QED) is 0.682. The molecule has 0 aromatic heterocycles. The van der Waals surface area contributed by atoms with E-state index >= 15 is 0 Å². The molecule has 94 valence electrons. The topological polar surface area (TPSA) is 12.5 Å². The van der Waals surface area contributed by atoms with Crippen molar-refractivity contribution in [1.82, 2.24) is 0 Å². The van der Waals surface area contributed by atoms with Gasteiger partial charge in [-0.2, -0.15) is 0 Å². The molecular formula is C16H19NO. The fraction of sp³-hybridized carbons (Fsp3) is 0.375. The van der Waals surface area contributed by atoms with Crippen LogP contribution >= 0.6 is 0 Å². The summed E-state index contributed by atoms with van der Waals surface area (Å²) in [7, 11) is 0. The number of allylic oxidation sites excluding steroid dienone is 3. The molecule has 0 amide bonds. The molecule has 1 aliphatic carbocycles. The van der Waals surface area contributed by atoms with E-state index in [0.29, 0.717) is 6.04 Å². The van der Waals surface area contributed by atoms with Crippen LogP contribution in [-0.2, 0) is 0 Å². The lowest BCUT2D eigenvalue weighted by Gasteiger charge is -2.38. The number of hydrogen-bond acceptors (Lipinski definition) is 2. The van der Waals surface area contributed by atoms with Crippen LogP contribution in [0.5, 0.6) is 5.75 Å². The van der Waals surface area contributed by atoms with E-state index < -0.39 is 0 Å². The number of hydrogen-bond donors (Lipinski definition) is 0. The Hall–Kier alpha value is -1.70. The van der Waals surface area contributed by atoms with Gasteiger partial charge < -0.3 is 9.64 Å². The van der Waals surface area contributed by atoms with E-state index in [1.165, 1.54) is 30.6 Å². The minimum atomic E-state index is 0.471. The van der Waals surface area contributed by atoms with Crippen molar-refractivity contribution in [3.05, 3.63) is 47.9 Å². The monoisotopic (exact) mass is 241 g/mol. The normalized spacial score (nSPS) is 22.8. The van der Waals surface area contributed by atoms with Crippen LogP contribution in [0.4, 0.5) is 5.69 Å². The molecule has 2 aliphatic rings. The molecule has 0 spiro atoms. The summed E-state index contributed by atoms with van der Waals surface area (Å²) in [6.45, 7) is 4.19. The van der Waals surface area contributed by atoms with E-state index in [-0.39, 0.29) is 0 Å². The number of rotatable bonds is 1. The Balaban J connectivity index is 2.06. The molecule has 0 fully saturated rings. The average molecular weight is 241 g/mol. The van der Waals surface area contributed by atoms with E-state index in [0.717, 1.165) is 11.5 Å². The Kier molecular flexibility index (Phi) is 2.86. The fourth-order valence-electron chi connectivity index (χ4n) is 2.77. The van der Waals surface area contributed by atoms with Gasteiger partial charge in [0.1, 0.15) is 5.76 Å². The lowest BCUT2D eigenvalue weighted by Crippen LogP contribution is -2.36. The summed E-state index contributed by atoms with van der Waals surface area (Å²) in [4.78, 5) is 2.42. The number of nitrogens with zero attached hydrogens (tertiary/aromatic N) is 1. The number of para-hydroxylation sites is 2. The molecule has 2 nitrogen and oxygen atoms in total. The summed E-state index contributed by atoms with van der Waals surface area (Å²) in [5, 5.41) is 0. The first-order valence-corrected chi connectivity index (χ1v) is 6.67. The molecule has 0 unspecified atom stereocenters. The van der Waals surface area contributed by atoms with Crippen LogP contribution < -0.4 is 9.64 Å². The number of anilines is 1. The maximum Gasteiger partial charge on any atom is 0.150 e. The molecule has 2 heteroatoms. The highest BCUT2D eigenvalue weighted by atomic mass is 16.5. The van der Waals surface area contributed by atoms with Crippen LogP contribution in [0, 0.1) is 0 Å². The third-order valence-electron chi connectivity index (χ3n) is 3.82. The van der Waals surface area contributed by atoms with Gasteiger partial charge in [-0.3, -0.25) is 0 Å². The van der Waals surface area contributed by atoms with E-state index in [1.807, 2.05) is 19.1 Å². The Morgan fingerprint density at radius 2 is 2.06 bits per heavy atom. The minimum absolute atomic E-state index is 0.471. The van der Waals surface area contributed by atoms with Crippen LogP contribution in [0.2, 0.25) is 0 Å². The lowest BCUT2D eigenvalue weighted by atomic mass is 9.99. The minimum Gasteiger partial charge on any atom is -0.458 e. The van der Waals surface area contributed by atoms with Gasteiger partial charge in [-0.25, -0.2) is 0 Å². The van der Waals surface area contributed by atoms with Gasteiger partial charge in [-0.15, -0.1) is 0 Å². The van der Waals surface area contributed by atoms with Crippen molar-refractivity contribution in [2.24, 2.45) is 0 Å². The predicted molar refractivity (Wildman–Crippen MR) is 74.7 cm³/mol. The maximum atomic E-state index is 5.88. The van der Waals surface area contributed by atoms with Crippen molar-refractivity contribution < 1.29 is 4.74 Å². The first kappa shape index (κ1) is 11.4. The molecule has 1 aromatic carbocycles. The van der Waals surface area contributed by atoms with Crippen LogP contribution in [0.1, 0.15) is 33.1 Å². The van der Waals surface area contributed by atoms with Crippen molar-refractivity contribution in [1.29, 1.82) is 0 Å². The van der Waals surface area contributed by atoms with Gasteiger partial charge in [0.15, 0.2) is 5.75 Å². The SMILES string of the molecule is CC1=C(C)N([C@H]2C=CCCC2)c2ccccc2O1. The molecule has 0 N–H and O–H groups in total. The molecular weight excluding hydrogens is 222 g/mol. The van der Waals surface area contributed by atoms with Crippen LogP contribution in [-0.4, -0.2) is 6.04 Å². The maximum absolute atomic E-state index is 5.88.